The minimum absolute atomic E-state index is 0.0757. The zero-order valence-corrected chi connectivity index (χ0v) is 10.3. The normalized spacial score (nSPS) is 16.4. The number of anilines is 1. The molecule has 1 aromatic carbocycles. The van der Waals surface area contributed by atoms with Gasteiger partial charge in [0.1, 0.15) is 5.82 Å². The summed E-state index contributed by atoms with van der Waals surface area (Å²) in [6.45, 7) is 1.08. The highest BCUT2D eigenvalue weighted by molar-refractivity contribution is 5.88. The van der Waals surface area contributed by atoms with Gasteiger partial charge in [0, 0.05) is 19.0 Å². The summed E-state index contributed by atoms with van der Waals surface area (Å²) >= 11 is 0. The van der Waals surface area contributed by atoms with Crippen LogP contribution in [0.5, 0.6) is 0 Å². The number of hydrogen-bond donors (Lipinski definition) is 2. The van der Waals surface area contributed by atoms with Crippen LogP contribution >= 0.6 is 0 Å². The molecule has 0 aromatic heterocycles. The van der Waals surface area contributed by atoms with Crippen LogP contribution in [0, 0.1) is 11.7 Å². The molecular weight excluding hydrogens is 251 g/mol. The third-order valence-electron chi connectivity index (χ3n) is 3.43. The minimum Gasteiger partial charge on any atom is -0.478 e. The number of aromatic carboxylic acids is 1. The number of piperidine rings is 1. The molecule has 19 heavy (non-hydrogen) atoms. The van der Waals surface area contributed by atoms with Gasteiger partial charge in [-0.25, -0.2) is 9.18 Å². The quantitative estimate of drug-likeness (QED) is 0.861. The van der Waals surface area contributed by atoms with E-state index in [1.165, 1.54) is 12.1 Å². The van der Waals surface area contributed by atoms with Gasteiger partial charge in [0.2, 0.25) is 5.91 Å². The molecule has 1 aliphatic rings. The molecule has 102 valence electrons. The zero-order chi connectivity index (χ0) is 14.0. The van der Waals surface area contributed by atoms with Crippen molar-refractivity contribution in [3.05, 3.63) is 29.6 Å². The maximum atomic E-state index is 13.9. The van der Waals surface area contributed by atoms with Crippen molar-refractivity contribution >= 4 is 17.6 Å². The Morgan fingerprint density at radius 3 is 2.42 bits per heavy atom. The fourth-order valence-corrected chi connectivity index (χ4v) is 2.30. The largest absolute Gasteiger partial charge is 0.478 e. The third-order valence-corrected chi connectivity index (χ3v) is 3.43. The van der Waals surface area contributed by atoms with E-state index in [1.54, 1.807) is 4.90 Å². The van der Waals surface area contributed by atoms with E-state index in [-0.39, 0.29) is 17.4 Å². The maximum Gasteiger partial charge on any atom is 0.335 e. The Morgan fingerprint density at radius 2 is 1.95 bits per heavy atom. The molecule has 3 N–H and O–H groups in total. The van der Waals surface area contributed by atoms with Crippen molar-refractivity contribution < 1.29 is 19.1 Å². The Morgan fingerprint density at radius 1 is 1.32 bits per heavy atom. The lowest BCUT2D eigenvalue weighted by atomic mass is 9.96. The number of nitrogens with two attached hydrogens (primary N) is 1. The summed E-state index contributed by atoms with van der Waals surface area (Å²) in [6.07, 6.45) is 1.19. The van der Waals surface area contributed by atoms with Gasteiger partial charge in [0.05, 0.1) is 11.3 Å². The first-order valence-electron chi connectivity index (χ1n) is 6.06. The molecular formula is C13H15FN2O3. The number of halogens is 1. The van der Waals surface area contributed by atoms with Gasteiger partial charge in [-0.15, -0.1) is 0 Å². The summed E-state index contributed by atoms with van der Waals surface area (Å²) in [6, 6.07) is 3.85. The molecule has 1 saturated heterocycles. The van der Waals surface area contributed by atoms with E-state index in [4.69, 9.17) is 10.8 Å². The van der Waals surface area contributed by atoms with Crippen molar-refractivity contribution in [1.29, 1.82) is 0 Å². The molecule has 1 heterocycles. The van der Waals surface area contributed by atoms with Crippen LogP contribution < -0.4 is 10.6 Å². The number of hydrogen-bond acceptors (Lipinski definition) is 3. The Labute approximate surface area is 109 Å². The Bertz CT molecular complexity index is 511. The van der Waals surface area contributed by atoms with E-state index in [2.05, 4.69) is 0 Å². The fourth-order valence-electron chi connectivity index (χ4n) is 2.30. The van der Waals surface area contributed by atoms with E-state index in [9.17, 15) is 14.0 Å². The summed E-state index contributed by atoms with van der Waals surface area (Å²) in [5.74, 6) is -2.19. The van der Waals surface area contributed by atoms with Crippen molar-refractivity contribution in [2.24, 2.45) is 11.7 Å². The number of rotatable bonds is 3. The number of benzene rings is 1. The second-order valence-corrected chi connectivity index (χ2v) is 4.64. The van der Waals surface area contributed by atoms with E-state index >= 15 is 0 Å². The van der Waals surface area contributed by atoms with Gasteiger partial charge in [0.25, 0.3) is 0 Å². The van der Waals surface area contributed by atoms with Crippen LogP contribution in [0.4, 0.5) is 10.1 Å². The van der Waals surface area contributed by atoms with Crippen LogP contribution in [0.1, 0.15) is 23.2 Å². The van der Waals surface area contributed by atoms with Crippen LogP contribution in [0.3, 0.4) is 0 Å². The summed E-state index contributed by atoms with van der Waals surface area (Å²) in [5.41, 5.74) is 5.53. The first-order chi connectivity index (χ1) is 8.99. The topological polar surface area (TPSA) is 83.6 Å². The molecule has 5 nitrogen and oxygen atoms in total. The summed E-state index contributed by atoms with van der Waals surface area (Å²) in [7, 11) is 0. The standard InChI is InChI=1S/C13H15FN2O3/c14-10-7-9(13(18)19)1-2-11(10)16-5-3-8(4-6-16)12(15)17/h1-2,7-8H,3-6H2,(H2,15,17)(H,18,19). The number of primary amides is 1. The minimum atomic E-state index is -1.15. The fraction of sp³-hybridized carbons (Fsp3) is 0.385. The second-order valence-electron chi connectivity index (χ2n) is 4.64. The molecule has 2 rings (SSSR count). The Kier molecular flexibility index (Phi) is 3.69. The molecule has 6 heteroatoms. The summed E-state index contributed by atoms with van der Waals surface area (Å²) in [4.78, 5) is 23.6. The highest BCUT2D eigenvalue weighted by Crippen LogP contribution is 2.26. The lowest BCUT2D eigenvalue weighted by molar-refractivity contribution is -0.122. The van der Waals surface area contributed by atoms with E-state index in [0.717, 1.165) is 6.07 Å². The van der Waals surface area contributed by atoms with Gasteiger partial charge in [-0.2, -0.15) is 0 Å². The molecule has 1 fully saturated rings. The van der Waals surface area contributed by atoms with Crippen LogP contribution in [0.2, 0.25) is 0 Å². The molecule has 0 atom stereocenters. The lowest BCUT2D eigenvalue weighted by Gasteiger charge is -2.32. The molecule has 1 amide bonds. The molecule has 1 aromatic rings. The number of carboxylic acids is 1. The third kappa shape index (κ3) is 2.83. The monoisotopic (exact) mass is 266 g/mol. The van der Waals surface area contributed by atoms with Crippen LogP contribution in [0.25, 0.3) is 0 Å². The van der Waals surface area contributed by atoms with Crippen molar-refractivity contribution in [2.75, 3.05) is 18.0 Å². The first-order valence-corrected chi connectivity index (χ1v) is 6.06. The highest BCUT2D eigenvalue weighted by Gasteiger charge is 2.24. The van der Waals surface area contributed by atoms with Gasteiger partial charge in [-0.3, -0.25) is 4.79 Å². The molecule has 1 aliphatic heterocycles. The second kappa shape index (κ2) is 5.26. The average Bonchev–Trinajstić information content (AvgIpc) is 2.38. The van der Waals surface area contributed by atoms with Gasteiger partial charge < -0.3 is 15.7 Å². The molecule has 0 aliphatic carbocycles. The molecule has 0 spiro atoms. The number of nitrogens with zero attached hydrogens (tertiary/aromatic N) is 1. The van der Waals surface area contributed by atoms with Gasteiger partial charge in [0.15, 0.2) is 0 Å². The van der Waals surface area contributed by atoms with Crippen molar-refractivity contribution in [1.82, 2.24) is 0 Å². The smallest absolute Gasteiger partial charge is 0.335 e. The summed E-state index contributed by atoms with van der Waals surface area (Å²) in [5, 5.41) is 8.77. The molecule has 0 saturated carbocycles. The van der Waals surface area contributed by atoms with Crippen LogP contribution in [-0.2, 0) is 4.79 Å². The molecule has 0 bridgehead atoms. The first kappa shape index (κ1) is 13.3. The lowest BCUT2D eigenvalue weighted by Crippen LogP contribution is -2.38. The highest BCUT2D eigenvalue weighted by atomic mass is 19.1. The van der Waals surface area contributed by atoms with Gasteiger partial charge >= 0.3 is 5.97 Å². The molecule has 0 unspecified atom stereocenters. The summed E-state index contributed by atoms with van der Waals surface area (Å²) < 4.78 is 13.9. The maximum absolute atomic E-state index is 13.9. The average molecular weight is 266 g/mol. The zero-order valence-electron chi connectivity index (χ0n) is 10.3. The number of carbonyl (C=O) groups is 2. The van der Waals surface area contributed by atoms with E-state index in [0.29, 0.717) is 31.6 Å². The van der Waals surface area contributed by atoms with Crippen LogP contribution in [-0.4, -0.2) is 30.1 Å². The van der Waals surface area contributed by atoms with E-state index in [1.807, 2.05) is 0 Å². The molecule has 0 radical (unpaired) electrons. The van der Waals surface area contributed by atoms with Gasteiger partial charge in [-0.1, -0.05) is 0 Å². The number of carbonyl (C=O) groups excluding carboxylic acids is 1. The number of amides is 1. The van der Waals surface area contributed by atoms with Crippen LogP contribution in [0.15, 0.2) is 18.2 Å². The van der Waals surface area contributed by atoms with Crippen molar-refractivity contribution in [3.8, 4) is 0 Å². The van der Waals surface area contributed by atoms with Crippen molar-refractivity contribution in [3.63, 3.8) is 0 Å². The predicted molar refractivity (Wildman–Crippen MR) is 67.5 cm³/mol. The van der Waals surface area contributed by atoms with E-state index < -0.39 is 11.8 Å². The van der Waals surface area contributed by atoms with Crippen molar-refractivity contribution in [2.45, 2.75) is 12.8 Å². The predicted octanol–water partition coefficient (Wildman–Crippen LogP) is 1.23. The Hall–Kier alpha value is -2.11. The SMILES string of the molecule is NC(=O)C1CCN(c2ccc(C(=O)O)cc2F)CC1. The Balaban J connectivity index is 2.11. The number of carboxylic acid groups (broad SMARTS) is 1. The van der Waals surface area contributed by atoms with Gasteiger partial charge in [-0.05, 0) is 31.0 Å².